The molecule has 2 aromatic rings. The van der Waals surface area contributed by atoms with E-state index >= 15 is 0 Å². The van der Waals surface area contributed by atoms with Crippen molar-refractivity contribution in [3.05, 3.63) is 70.7 Å². The molecule has 0 radical (unpaired) electrons. The molecule has 9 nitrogen and oxygen atoms in total. The predicted molar refractivity (Wildman–Crippen MR) is 152 cm³/mol. The summed E-state index contributed by atoms with van der Waals surface area (Å²) in [7, 11) is 0. The molecular formula is C30H38ClN3O6. The van der Waals surface area contributed by atoms with Crippen LogP contribution in [0.2, 0.25) is 5.02 Å². The zero-order valence-corrected chi connectivity index (χ0v) is 23.9. The van der Waals surface area contributed by atoms with Gasteiger partial charge in [0, 0.05) is 22.9 Å². The first kappa shape index (κ1) is 30.9. The fourth-order valence-corrected chi connectivity index (χ4v) is 5.10. The first-order valence-corrected chi connectivity index (χ1v) is 14.0. The van der Waals surface area contributed by atoms with Gasteiger partial charge in [-0.2, -0.15) is 0 Å². The Morgan fingerprint density at radius 3 is 2.42 bits per heavy atom. The molecule has 1 fully saturated rings. The summed E-state index contributed by atoms with van der Waals surface area (Å²) in [5.41, 5.74) is 0.932. The summed E-state index contributed by atoms with van der Waals surface area (Å²) in [4.78, 5) is 50.3. The molecule has 0 aliphatic carbocycles. The molecule has 0 bridgehead atoms. The van der Waals surface area contributed by atoms with E-state index in [1.165, 1.54) is 0 Å². The van der Waals surface area contributed by atoms with Crippen LogP contribution in [0.15, 0.2) is 54.6 Å². The third-order valence-corrected chi connectivity index (χ3v) is 7.54. The lowest BCUT2D eigenvalue weighted by Crippen LogP contribution is -2.52. The van der Waals surface area contributed by atoms with Crippen molar-refractivity contribution in [3.8, 4) is 0 Å². The number of hydrogen-bond acceptors (Lipinski definition) is 5. The van der Waals surface area contributed by atoms with Crippen LogP contribution in [0.25, 0.3) is 0 Å². The van der Waals surface area contributed by atoms with Crippen LogP contribution >= 0.6 is 11.6 Å². The lowest BCUT2D eigenvalue weighted by molar-refractivity contribution is -0.142. The number of ether oxygens (including phenoxy) is 1. The van der Waals surface area contributed by atoms with Crippen LogP contribution in [0.5, 0.6) is 0 Å². The third-order valence-electron chi connectivity index (χ3n) is 7.30. The van der Waals surface area contributed by atoms with Crippen LogP contribution in [-0.4, -0.2) is 47.6 Å². The molecule has 3 amide bonds. The number of benzene rings is 2. The molecule has 10 heteroatoms. The zero-order chi connectivity index (χ0) is 29.3. The number of carboxylic acid groups (broad SMARTS) is 1. The Kier molecular flexibility index (Phi) is 11.0. The summed E-state index contributed by atoms with van der Waals surface area (Å²) < 4.78 is 5.99. The highest BCUT2D eigenvalue weighted by atomic mass is 35.5. The van der Waals surface area contributed by atoms with Crippen molar-refractivity contribution in [1.29, 1.82) is 0 Å². The summed E-state index contributed by atoms with van der Waals surface area (Å²) >= 11 is 6.26. The highest BCUT2D eigenvalue weighted by molar-refractivity contribution is 6.30. The van der Waals surface area contributed by atoms with E-state index < -0.39 is 47.5 Å². The largest absolute Gasteiger partial charge is 0.480 e. The molecule has 1 aliphatic heterocycles. The van der Waals surface area contributed by atoms with E-state index in [0.717, 1.165) is 17.5 Å². The van der Waals surface area contributed by atoms with Gasteiger partial charge < -0.3 is 25.8 Å². The van der Waals surface area contributed by atoms with Crippen LogP contribution in [-0.2, 0) is 24.5 Å². The highest BCUT2D eigenvalue weighted by Gasteiger charge is 2.37. The lowest BCUT2D eigenvalue weighted by atomic mass is 9.76. The average molecular weight is 572 g/mol. The molecule has 1 saturated heterocycles. The molecule has 4 N–H and O–H groups in total. The Morgan fingerprint density at radius 1 is 1.10 bits per heavy atom. The fraction of sp³-hybridized carbons (Fsp3) is 0.467. The minimum atomic E-state index is -1.26. The van der Waals surface area contributed by atoms with Crippen molar-refractivity contribution in [2.45, 2.75) is 76.5 Å². The van der Waals surface area contributed by atoms with Crippen LogP contribution in [0.1, 0.15) is 70.1 Å². The number of carboxylic acids is 1. The number of nitrogens with one attached hydrogen (secondary N) is 3. The number of unbranched alkanes of at least 4 members (excludes halogenated alkanes) is 1. The van der Waals surface area contributed by atoms with E-state index in [-0.39, 0.29) is 12.3 Å². The number of amides is 3. The van der Waals surface area contributed by atoms with Crippen LogP contribution in [0.4, 0.5) is 4.79 Å². The molecule has 0 aromatic heterocycles. The van der Waals surface area contributed by atoms with E-state index in [9.17, 15) is 24.3 Å². The Hall–Kier alpha value is -3.59. The molecule has 4 atom stereocenters. The Bertz CT molecular complexity index is 1190. The minimum Gasteiger partial charge on any atom is -0.480 e. The molecular weight excluding hydrogens is 534 g/mol. The Labute approximate surface area is 240 Å². The Balaban J connectivity index is 1.78. The van der Waals surface area contributed by atoms with Gasteiger partial charge in [-0.15, -0.1) is 0 Å². The smallest absolute Gasteiger partial charge is 0.408 e. The predicted octanol–water partition coefficient (Wildman–Crippen LogP) is 4.74. The second kappa shape index (κ2) is 14.2. The van der Waals surface area contributed by atoms with Gasteiger partial charge in [-0.3, -0.25) is 9.59 Å². The Morgan fingerprint density at radius 2 is 1.82 bits per heavy atom. The van der Waals surface area contributed by atoms with Crippen molar-refractivity contribution in [3.63, 3.8) is 0 Å². The minimum absolute atomic E-state index is 0.0260. The van der Waals surface area contributed by atoms with Gasteiger partial charge in [0.25, 0.3) is 0 Å². The molecule has 1 aliphatic rings. The third kappa shape index (κ3) is 8.21. The number of halogens is 1. The molecule has 1 heterocycles. The summed E-state index contributed by atoms with van der Waals surface area (Å²) in [6.07, 6.45) is 0.628. The monoisotopic (exact) mass is 571 g/mol. The van der Waals surface area contributed by atoms with Gasteiger partial charge in [-0.05, 0) is 42.5 Å². The topological polar surface area (TPSA) is 134 Å². The van der Waals surface area contributed by atoms with Crippen LogP contribution in [0.3, 0.4) is 0 Å². The summed E-state index contributed by atoms with van der Waals surface area (Å²) in [6, 6.07) is 14.4. The molecule has 0 saturated carbocycles. The molecule has 0 spiro atoms. The summed E-state index contributed by atoms with van der Waals surface area (Å²) in [6.45, 7) is 6.32. The van der Waals surface area contributed by atoms with Gasteiger partial charge in [-0.1, -0.05) is 87.7 Å². The number of alkyl carbamates (subject to hydrolysis) is 1. The number of carbonyl (C=O) groups is 4. The highest BCUT2D eigenvalue weighted by Crippen LogP contribution is 2.40. The van der Waals surface area contributed by atoms with Crippen molar-refractivity contribution in [2.24, 2.45) is 5.92 Å². The maximum absolute atomic E-state index is 13.3. The molecule has 2 aromatic carbocycles. The van der Waals surface area contributed by atoms with Gasteiger partial charge in [0.2, 0.25) is 11.8 Å². The second-order valence-corrected chi connectivity index (χ2v) is 11.1. The van der Waals surface area contributed by atoms with E-state index in [1.54, 1.807) is 6.07 Å². The number of rotatable bonds is 13. The molecule has 3 rings (SSSR count). The molecule has 40 heavy (non-hydrogen) atoms. The van der Waals surface area contributed by atoms with E-state index in [0.29, 0.717) is 30.8 Å². The van der Waals surface area contributed by atoms with E-state index in [2.05, 4.69) is 16.0 Å². The van der Waals surface area contributed by atoms with E-state index in [1.807, 2.05) is 69.3 Å². The summed E-state index contributed by atoms with van der Waals surface area (Å²) in [5, 5.41) is 18.1. The quantitative estimate of drug-likeness (QED) is 0.274. The van der Waals surface area contributed by atoms with Gasteiger partial charge in [0.05, 0.1) is 0 Å². The first-order valence-electron chi connectivity index (χ1n) is 13.6. The van der Waals surface area contributed by atoms with E-state index in [4.69, 9.17) is 16.3 Å². The maximum Gasteiger partial charge on any atom is 0.408 e. The SMILES string of the molecule is CCCCC(NC(=O)OC(c1ccccc1)C(C)(C)c1cccc(Cl)c1)C(=O)NC(C[C@@H]1CCNC1=O)C(=O)O. The standard InChI is InChI=1S/C30H38ClN3O6/c1-4-5-14-23(27(36)33-24(28(37)38)17-20-15-16-32-26(20)35)34-29(39)40-25(19-10-7-6-8-11-19)30(2,3)21-12-9-13-22(31)18-21/h6-13,18,20,23-25H,4-5,14-17H2,1-3H3,(H,32,35)(H,33,36)(H,34,39)(H,37,38)/t20-,23?,24?,25?/m0/s1. The van der Waals surface area contributed by atoms with Gasteiger partial charge in [0.1, 0.15) is 18.2 Å². The summed E-state index contributed by atoms with van der Waals surface area (Å²) in [5.74, 6) is -2.59. The van der Waals surface area contributed by atoms with Gasteiger partial charge in [0.15, 0.2) is 0 Å². The number of carbonyl (C=O) groups excluding carboxylic acids is 3. The van der Waals surface area contributed by atoms with Crippen molar-refractivity contribution in [1.82, 2.24) is 16.0 Å². The molecule has 3 unspecified atom stereocenters. The second-order valence-electron chi connectivity index (χ2n) is 10.7. The van der Waals surface area contributed by atoms with Crippen molar-refractivity contribution < 1.29 is 29.0 Å². The van der Waals surface area contributed by atoms with Gasteiger partial charge in [-0.25, -0.2) is 9.59 Å². The number of aliphatic carboxylic acids is 1. The maximum atomic E-state index is 13.3. The lowest BCUT2D eigenvalue weighted by Gasteiger charge is -2.35. The van der Waals surface area contributed by atoms with Gasteiger partial charge >= 0.3 is 12.1 Å². The van der Waals surface area contributed by atoms with Crippen LogP contribution in [0, 0.1) is 5.92 Å². The zero-order valence-electron chi connectivity index (χ0n) is 23.1. The number of hydrogen-bond donors (Lipinski definition) is 4. The van der Waals surface area contributed by atoms with Crippen molar-refractivity contribution in [2.75, 3.05) is 6.54 Å². The molecule has 216 valence electrons. The normalized spacial score (nSPS) is 17.3. The first-order chi connectivity index (χ1) is 19.0. The van der Waals surface area contributed by atoms with Crippen molar-refractivity contribution >= 4 is 35.5 Å². The average Bonchev–Trinajstić information content (AvgIpc) is 3.33. The van der Waals surface area contributed by atoms with Crippen LogP contribution < -0.4 is 16.0 Å². The fourth-order valence-electron chi connectivity index (χ4n) is 4.91.